The molecule has 1 saturated carbocycles. The van der Waals surface area contributed by atoms with E-state index < -0.39 is 0 Å². The molecule has 2 heterocycles. The lowest BCUT2D eigenvalue weighted by atomic mass is 9.79. The van der Waals surface area contributed by atoms with Gasteiger partial charge in [-0.3, -0.25) is 4.90 Å². The quantitative estimate of drug-likeness (QED) is 0.918. The van der Waals surface area contributed by atoms with Crippen LogP contribution in [0.1, 0.15) is 58.1 Å². The fraction of sp³-hybridized carbons (Fsp3) is 0.778. The second-order valence-electron chi connectivity index (χ2n) is 7.21. The molecule has 1 aliphatic heterocycles. The molecule has 0 amide bonds. The maximum absolute atomic E-state index is 5.48. The maximum atomic E-state index is 5.48. The molecule has 0 aromatic carbocycles. The molecule has 3 nitrogen and oxygen atoms in total. The highest BCUT2D eigenvalue weighted by Crippen LogP contribution is 2.33. The van der Waals surface area contributed by atoms with Gasteiger partial charge in [-0.05, 0) is 45.2 Å². The molecular formula is C18H30N2O. The molecule has 1 spiro atoms. The lowest BCUT2D eigenvalue weighted by Gasteiger charge is -2.51. The Balaban J connectivity index is 1.58. The summed E-state index contributed by atoms with van der Waals surface area (Å²) in [6, 6.07) is 5.36. The minimum absolute atomic E-state index is 0.406. The van der Waals surface area contributed by atoms with E-state index >= 15 is 0 Å². The molecular weight excluding hydrogens is 260 g/mol. The van der Waals surface area contributed by atoms with Crippen LogP contribution >= 0.6 is 0 Å². The zero-order chi connectivity index (χ0) is 14.7. The van der Waals surface area contributed by atoms with Crippen molar-refractivity contribution in [3.8, 4) is 0 Å². The maximum Gasteiger partial charge on any atom is 0.103 e. The Morgan fingerprint density at radius 3 is 2.90 bits per heavy atom. The van der Waals surface area contributed by atoms with Crippen LogP contribution in [0.5, 0.6) is 0 Å². The summed E-state index contributed by atoms with van der Waals surface area (Å²) >= 11 is 0. The average Bonchev–Trinajstić information content (AvgIpc) is 3.02. The summed E-state index contributed by atoms with van der Waals surface area (Å²) in [4.78, 5) is 2.74. The van der Waals surface area contributed by atoms with E-state index in [0.717, 1.165) is 18.7 Å². The number of piperazine rings is 1. The van der Waals surface area contributed by atoms with Gasteiger partial charge in [-0.15, -0.1) is 0 Å². The van der Waals surface area contributed by atoms with Crippen molar-refractivity contribution in [3.63, 3.8) is 0 Å². The van der Waals surface area contributed by atoms with Gasteiger partial charge in [0.05, 0.1) is 6.26 Å². The highest BCUT2D eigenvalue weighted by molar-refractivity contribution is 5.01. The zero-order valence-corrected chi connectivity index (χ0v) is 13.6. The van der Waals surface area contributed by atoms with Gasteiger partial charge in [-0.1, -0.05) is 19.3 Å². The van der Waals surface area contributed by atoms with Crippen molar-refractivity contribution < 1.29 is 4.42 Å². The third-order valence-electron chi connectivity index (χ3n) is 5.59. The van der Waals surface area contributed by atoms with Gasteiger partial charge in [0, 0.05) is 37.1 Å². The van der Waals surface area contributed by atoms with Gasteiger partial charge in [0.1, 0.15) is 5.76 Å². The fourth-order valence-electron chi connectivity index (χ4n) is 4.17. The van der Waals surface area contributed by atoms with E-state index in [1.165, 1.54) is 45.1 Å². The van der Waals surface area contributed by atoms with E-state index in [-0.39, 0.29) is 0 Å². The molecule has 1 N–H and O–H groups in total. The number of aryl methyl sites for hydroxylation is 1. The fourth-order valence-corrected chi connectivity index (χ4v) is 4.17. The van der Waals surface area contributed by atoms with E-state index in [4.69, 9.17) is 4.42 Å². The number of rotatable bonds is 4. The lowest BCUT2D eigenvalue weighted by molar-refractivity contribution is 0.0333. The van der Waals surface area contributed by atoms with Gasteiger partial charge in [-0.2, -0.15) is 0 Å². The Hall–Kier alpha value is -0.800. The predicted molar refractivity (Wildman–Crippen MR) is 86.5 cm³/mol. The Morgan fingerprint density at radius 2 is 2.19 bits per heavy atom. The van der Waals surface area contributed by atoms with Gasteiger partial charge >= 0.3 is 0 Å². The first-order valence-electron chi connectivity index (χ1n) is 8.72. The SMILES string of the molecule is CC(CCc1ccco1)N1CC2(CCCCC2)NCC1C. The molecule has 21 heavy (non-hydrogen) atoms. The summed E-state index contributed by atoms with van der Waals surface area (Å²) < 4.78 is 5.48. The lowest BCUT2D eigenvalue weighted by Crippen LogP contribution is -2.65. The standard InChI is InChI=1S/C18H30N2O/c1-15(8-9-17-7-6-12-21-17)20-14-18(19-13-16(20)2)10-4-3-5-11-18/h6-7,12,15-16,19H,3-5,8-11,13-14H2,1-2H3. The van der Waals surface area contributed by atoms with Crippen LogP contribution in [0.3, 0.4) is 0 Å². The van der Waals surface area contributed by atoms with Crippen LogP contribution in [0.25, 0.3) is 0 Å². The van der Waals surface area contributed by atoms with Crippen LogP contribution in [0.4, 0.5) is 0 Å². The summed E-state index contributed by atoms with van der Waals surface area (Å²) in [5.41, 5.74) is 0.406. The van der Waals surface area contributed by atoms with Crippen LogP contribution < -0.4 is 5.32 Å². The van der Waals surface area contributed by atoms with Crippen LogP contribution in [0.2, 0.25) is 0 Å². The van der Waals surface area contributed by atoms with Crippen molar-refractivity contribution in [2.24, 2.45) is 0 Å². The Morgan fingerprint density at radius 1 is 1.38 bits per heavy atom. The number of furan rings is 1. The molecule has 118 valence electrons. The van der Waals surface area contributed by atoms with Crippen molar-refractivity contribution in [2.45, 2.75) is 76.4 Å². The van der Waals surface area contributed by atoms with E-state index in [1.807, 2.05) is 6.07 Å². The van der Waals surface area contributed by atoms with Crippen LogP contribution in [-0.4, -0.2) is 35.6 Å². The summed E-state index contributed by atoms with van der Waals surface area (Å²) in [5.74, 6) is 1.12. The predicted octanol–water partition coefficient (Wildman–Crippen LogP) is 3.60. The third kappa shape index (κ3) is 3.51. The van der Waals surface area contributed by atoms with Crippen molar-refractivity contribution in [1.82, 2.24) is 10.2 Å². The molecule has 1 aliphatic carbocycles. The van der Waals surface area contributed by atoms with E-state index in [0.29, 0.717) is 17.6 Å². The van der Waals surface area contributed by atoms with Crippen molar-refractivity contribution in [3.05, 3.63) is 24.2 Å². The molecule has 1 saturated heterocycles. The van der Waals surface area contributed by atoms with Gasteiger partial charge in [0.2, 0.25) is 0 Å². The largest absolute Gasteiger partial charge is 0.469 e. The first kappa shape index (κ1) is 15.1. The molecule has 0 radical (unpaired) electrons. The average molecular weight is 290 g/mol. The number of hydrogen-bond donors (Lipinski definition) is 1. The topological polar surface area (TPSA) is 28.4 Å². The highest BCUT2D eigenvalue weighted by atomic mass is 16.3. The molecule has 1 aromatic heterocycles. The number of nitrogens with one attached hydrogen (secondary N) is 1. The summed E-state index contributed by atoms with van der Waals surface area (Å²) in [6.07, 6.45) is 11.0. The molecule has 2 unspecified atom stereocenters. The second-order valence-corrected chi connectivity index (χ2v) is 7.21. The van der Waals surface area contributed by atoms with Crippen LogP contribution in [0.15, 0.2) is 22.8 Å². The molecule has 2 fully saturated rings. The van der Waals surface area contributed by atoms with Gasteiger partial charge in [0.15, 0.2) is 0 Å². The molecule has 0 bridgehead atoms. The highest BCUT2D eigenvalue weighted by Gasteiger charge is 2.39. The van der Waals surface area contributed by atoms with Crippen molar-refractivity contribution in [1.29, 1.82) is 0 Å². The molecule has 1 aromatic rings. The van der Waals surface area contributed by atoms with Crippen LogP contribution in [-0.2, 0) is 6.42 Å². The van der Waals surface area contributed by atoms with E-state index in [9.17, 15) is 0 Å². The Bertz CT molecular complexity index is 422. The Labute approximate surface area is 129 Å². The smallest absolute Gasteiger partial charge is 0.103 e. The van der Waals surface area contributed by atoms with Crippen molar-refractivity contribution in [2.75, 3.05) is 13.1 Å². The van der Waals surface area contributed by atoms with E-state index in [2.05, 4.69) is 30.1 Å². The molecule has 2 atom stereocenters. The van der Waals surface area contributed by atoms with Gasteiger partial charge in [-0.25, -0.2) is 0 Å². The van der Waals surface area contributed by atoms with Crippen LogP contribution in [0, 0.1) is 0 Å². The molecule has 3 heteroatoms. The third-order valence-corrected chi connectivity index (χ3v) is 5.59. The first-order chi connectivity index (χ1) is 10.2. The number of nitrogens with zero attached hydrogens (tertiary/aromatic N) is 1. The van der Waals surface area contributed by atoms with Gasteiger partial charge in [0.25, 0.3) is 0 Å². The monoisotopic (exact) mass is 290 g/mol. The normalized spacial score (nSPS) is 27.8. The number of hydrogen-bond acceptors (Lipinski definition) is 3. The van der Waals surface area contributed by atoms with Gasteiger partial charge < -0.3 is 9.73 Å². The zero-order valence-electron chi connectivity index (χ0n) is 13.6. The minimum Gasteiger partial charge on any atom is -0.469 e. The van der Waals surface area contributed by atoms with Crippen molar-refractivity contribution >= 4 is 0 Å². The molecule has 2 aliphatic rings. The first-order valence-corrected chi connectivity index (χ1v) is 8.72. The second kappa shape index (κ2) is 6.53. The summed E-state index contributed by atoms with van der Waals surface area (Å²) in [7, 11) is 0. The molecule has 3 rings (SSSR count). The Kier molecular flexibility index (Phi) is 4.70. The minimum atomic E-state index is 0.406. The summed E-state index contributed by atoms with van der Waals surface area (Å²) in [6.45, 7) is 7.13. The summed E-state index contributed by atoms with van der Waals surface area (Å²) in [5, 5.41) is 3.88. The van der Waals surface area contributed by atoms with E-state index in [1.54, 1.807) is 6.26 Å².